The maximum atomic E-state index is 10.6. The summed E-state index contributed by atoms with van der Waals surface area (Å²) < 4.78 is 10.8. The number of nitrogens with one attached hydrogen (secondary N) is 1. The van der Waals surface area contributed by atoms with Crippen LogP contribution in [0.1, 0.15) is 9.88 Å². The van der Waals surface area contributed by atoms with Gasteiger partial charge in [-0.3, -0.25) is 5.41 Å². The van der Waals surface area contributed by atoms with Crippen molar-refractivity contribution in [2.45, 2.75) is 6.92 Å². The number of hydrogen-bond donors (Lipinski definition) is 2. The SMILES string of the molecule is Cc1sc(C2=C(O)CN(c3ccc4c(c3)OCO4)C2=N)nc1-c1ccccc1. The van der Waals surface area contributed by atoms with Crippen molar-refractivity contribution in [3.05, 3.63) is 64.2 Å². The average Bonchev–Trinajstić information content (AvgIpc) is 3.39. The second-order valence-electron chi connectivity index (χ2n) is 6.58. The number of fused-ring (bicyclic) bond motifs is 1. The summed E-state index contributed by atoms with van der Waals surface area (Å²) in [4.78, 5) is 7.53. The third-order valence-electron chi connectivity index (χ3n) is 4.83. The first-order valence-electron chi connectivity index (χ1n) is 8.83. The fourth-order valence-electron chi connectivity index (χ4n) is 3.44. The molecule has 140 valence electrons. The number of benzene rings is 2. The van der Waals surface area contributed by atoms with E-state index in [0.717, 1.165) is 21.8 Å². The molecule has 0 radical (unpaired) electrons. The van der Waals surface area contributed by atoms with E-state index in [1.165, 1.54) is 11.3 Å². The maximum Gasteiger partial charge on any atom is 0.231 e. The largest absolute Gasteiger partial charge is 0.510 e. The summed E-state index contributed by atoms with van der Waals surface area (Å²) >= 11 is 1.49. The zero-order valence-corrected chi connectivity index (χ0v) is 15.9. The molecule has 0 saturated carbocycles. The van der Waals surface area contributed by atoms with Crippen LogP contribution in [0.3, 0.4) is 0 Å². The number of ether oxygens (including phenoxy) is 2. The quantitative estimate of drug-likeness (QED) is 0.681. The summed E-state index contributed by atoms with van der Waals surface area (Å²) in [6.07, 6.45) is 0. The van der Waals surface area contributed by atoms with Crippen LogP contribution in [0.25, 0.3) is 16.8 Å². The Labute approximate surface area is 165 Å². The van der Waals surface area contributed by atoms with Gasteiger partial charge >= 0.3 is 0 Å². The zero-order chi connectivity index (χ0) is 19.3. The Morgan fingerprint density at radius 1 is 1.11 bits per heavy atom. The molecule has 3 heterocycles. The second kappa shape index (κ2) is 6.38. The Bertz CT molecular complexity index is 1120. The molecule has 7 heteroatoms. The van der Waals surface area contributed by atoms with Crippen LogP contribution < -0.4 is 14.4 Å². The van der Waals surface area contributed by atoms with Crippen LogP contribution in [0.15, 0.2) is 54.3 Å². The first-order chi connectivity index (χ1) is 13.6. The number of aliphatic hydroxyl groups is 1. The molecule has 0 aliphatic carbocycles. The van der Waals surface area contributed by atoms with Crippen molar-refractivity contribution in [3.8, 4) is 22.8 Å². The molecule has 2 aromatic carbocycles. The average molecular weight is 391 g/mol. The highest BCUT2D eigenvalue weighted by Crippen LogP contribution is 2.40. The third-order valence-corrected chi connectivity index (χ3v) is 5.82. The number of thiazole rings is 1. The van der Waals surface area contributed by atoms with Gasteiger partial charge in [0.15, 0.2) is 11.5 Å². The van der Waals surface area contributed by atoms with Gasteiger partial charge in [-0.2, -0.15) is 0 Å². The van der Waals surface area contributed by atoms with Crippen molar-refractivity contribution in [2.24, 2.45) is 0 Å². The second-order valence-corrected chi connectivity index (χ2v) is 7.79. The number of amidine groups is 1. The van der Waals surface area contributed by atoms with E-state index in [9.17, 15) is 5.11 Å². The van der Waals surface area contributed by atoms with Gasteiger partial charge in [-0.25, -0.2) is 4.98 Å². The van der Waals surface area contributed by atoms with Crippen molar-refractivity contribution in [1.29, 1.82) is 5.41 Å². The van der Waals surface area contributed by atoms with E-state index in [2.05, 4.69) is 0 Å². The monoisotopic (exact) mass is 391 g/mol. The zero-order valence-electron chi connectivity index (χ0n) is 15.1. The van der Waals surface area contributed by atoms with Gasteiger partial charge in [-0.05, 0) is 19.1 Å². The molecule has 0 fully saturated rings. The van der Waals surface area contributed by atoms with Crippen molar-refractivity contribution in [3.63, 3.8) is 0 Å². The number of aliphatic hydroxyl groups excluding tert-OH is 1. The number of anilines is 1. The van der Waals surface area contributed by atoms with E-state index in [1.54, 1.807) is 4.90 Å². The number of hydrogen-bond acceptors (Lipinski definition) is 6. The topological polar surface area (TPSA) is 78.7 Å². The molecule has 0 unspecified atom stereocenters. The highest BCUT2D eigenvalue weighted by molar-refractivity contribution is 7.13. The Morgan fingerprint density at radius 2 is 1.89 bits per heavy atom. The smallest absolute Gasteiger partial charge is 0.231 e. The molecule has 0 spiro atoms. The summed E-state index contributed by atoms with van der Waals surface area (Å²) in [6.45, 7) is 2.44. The Morgan fingerprint density at radius 3 is 2.71 bits per heavy atom. The molecule has 0 bridgehead atoms. The molecule has 2 aliphatic heterocycles. The minimum Gasteiger partial charge on any atom is -0.510 e. The Hall–Kier alpha value is -3.32. The first-order valence-corrected chi connectivity index (χ1v) is 9.65. The van der Waals surface area contributed by atoms with Gasteiger partial charge in [-0.15, -0.1) is 11.3 Å². The molecule has 3 aromatic rings. The lowest BCUT2D eigenvalue weighted by Crippen LogP contribution is -2.25. The number of nitrogens with zero attached hydrogens (tertiary/aromatic N) is 2. The van der Waals surface area contributed by atoms with Crippen LogP contribution in [0.5, 0.6) is 11.5 Å². The van der Waals surface area contributed by atoms with E-state index < -0.39 is 0 Å². The predicted octanol–water partition coefficient (Wildman–Crippen LogP) is 4.61. The van der Waals surface area contributed by atoms with Gasteiger partial charge in [0.25, 0.3) is 0 Å². The normalized spacial score (nSPS) is 15.6. The third kappa shape index (κ3) is 2.63. The summed E-state index contributed by atoms with van der Waals surface area (Å²) in [5.41, 5.74) is 3.16. The fourth-order valence-corrected chi connectivity index (χ4v) is 4.45. The van der Waals surface area contributed by atoms with Gasteiger partial charge in [0.2, 0.25) is 6.79 Å². The van der Waals surface area contributed by atoms with Crippen molar-refractivity contribution in [1.82, 2.24) is 4.98 Å². The van der Waals surface area contributed by atoms with Crippen molar-refractivity contribution < 1.29 is 14.6 Å². The molecular formula is C21H17N3O3S. The molecule has 5 rings (SSSR count). The molecule has 0 atom stereocenters. The maximum absolute atomic E-state index is 10.6. The molecule has 6 nitrogen and oxygen atoms in total. The standard InChI is InChI=1S/C21H17N3O3S/c1-12-19(13-5-3-2-4-6-13)23-21(28-12)18-15(25)10-24(20(18)22)14-7-8-16-17(9-14)27-11-26-16/h2-9,22,25H,10-11H2,1H3. The Balaban J connectivity index is 1.48. The lowest BCUT2D eigenvalue weighted by molar-refractivity contribution is 0.174. The van der Waals surface area contributed by atoms with Crippen molar-refractivity contribution in [2.75, 3.05) is 18.2 Å². The van der Waals surface area contributed by atoms with Crippen LogP contribution in [0.2, 0.25) is 0 Å². The lowest BCUT2D eigenvalue weighted by atomic mass is 10.1. The van der Waals surface area contributed by atoms with Gasteiger partial charge in [0, 0.05) is 22.2 Å². The minimum atomic E-state index is 0.149. The summed E-state index contributed by atoms with van der Waals surface area (Å²) in [5, 5.41) is 19.9. The lowest BCUT2D eigenvalue weighted by Gasteiger charge is -2.18. The molecule has 0 amide bonds. The van der Waals surface area contributed by atoms with E-state index in [-0.39, 0.29) is 24.9 Å². The predicted molar refractivity (Wildman–Crippen MR) is 109 cm³/mol. The minimum absolute atomic E-state index is 0.149. The number of aromatic nitrogens is 1. The van der Waals surface area contributed by atoms with E-state index >= 15 is 0 Å². The highest BCUT2D eigenvalue weighted by atomic mass is 32.1. The van der Waals surface area contributed by atoms with E-state index in [1.807, 2.05) is 55.5 Å². The molecule has 28 heavy (non-hydrogen) atoms. The van der Waals surface area contributed by atoms with Crippen LogP contribution in [-0.4, -0.2) is 29.3 Å². The van der Waals surface area contributed by atoms with E-state index in [0.29, 0.717) is 22.1 Å². The van der Waals surface area contributed by atoms with Crippen molar-refractivity contribution >= 4 is 28.4 Å². The molecule has 1 aromatic heterocycles. The van der Waals surface area contributed by atoms with Gasteiger partial charge in [-0.1, -0.05) is 30.3 Å². The first kappa shape index (κ1) is 16.8. The highest BCUT2D eigenvalue weighted by Gasteiger charge is 2.32. The van der Waals surface area contributed by atoms with E-state index in [4.69, 9.17) is 19.9 Å². The molecule has 2 N–H and O–H groups in total. The summed E-state index contributed by atoms with van der Waals surface area (Å²) in [5.74, 6) is 1.71. The van der Waals surface area contributed by atoms with Crippen LogP contribution in [-0.2, 0) is 0 Å². The summed E-state index contributed by atoms with van der Waals surface area (Å²) in [7, 11) is 0. The van der Waals surface area contributed by atoms with Crippen LogP contribution in [0.4, 0.5) is 5.69 Å². The Kier molecular flexibility index (Phi) is 3.84. The van der Waals surface area contributed by atoms with Gasteiger partial charge in [0.1, 0.15) is 16.6 Å². The number of aryl methyl sites for hydroxylation is 1. The number of rotatable bonds is 3. The van der Waals surface area contributed by atoms with Crippen LogP contribution >= 0.6 is 11.3 Å². The summed E-state index contributed by atoms with van der Waals surface area (Å²) in [6, 6.07) is 15.5. The van der Waals surface area contributed by atoms with Crippen LogP contribution in [0, 0.1) is 12.3 Å². The molecule has 2 aliphatic rings. The molecular weight excluding hydrogens is 374 g/mol. The van der Waals surface area contributed by atoms with Gasteiger partial charge in [0.05, 0.1) is 17.8 Å². The van der Waals surface area contributed by atoms with Gasteiger partial charge < -0.3 is 19.5 Å². The fraction of sp³-hybridized carbons (Fsp3) is 0.143. The molecule has 0 saturated heterocycles.